The third kappa shape index (κ3) is 3.47. The lowest BCUT2D eigenvalue weighted by molar-refractivity contribution is 0.0576. The van der Waals surface area contributed by atoms with Crippen LogP contribution in [0.3, 0.4) is 0 Å². The van der Waals surface area contributed by atoms with Gasteiger partial charge in [0.05, 0.1) is 0 Å². The first kappa shape index (κ1) is 15.7. The van der Waals surface area contributed by atoms with Gasteiger partial charge >= 0.3 is 0 Å². The lowest BCUT2D eigenvalue weighted by Gasteiger charge is -2.32. The molecule has 0 amide bonds. The van der Waals surface area contributed by atoms with E-state index in [1.54, 1.807) is 0 Å². The zero-order valence-electron chi connectivity index (χ0n) is 14.2. The second kappa shape index (κ2) is 6.96. The molecular weight excluding hydrogens is 296 g/mol. The summed E-state index contributed by atoms with van der Waals surface area (Å²) in [6.07, 6.45) is 3.40. The Bertz CT molecular complexity index is 673. The maximum atomic E-state index is 6.57. The number of benzene rings is 2. The van der Waals surface area contributed by atoms with E-state index >= 15 is 0 Å². The highest BCUT2D eigenvalue weighted by atomic mass is 16.5. The van der Waals surface area contributed by atoms with Gasteiger partial charge in [-0.25, -0.2) is 0 Å². The summed E-state index contributed by atoms with van der Waals surface area (Å²) in [6.45, 7) is 5.15. The molecule has 0 aliphatic carbocycles. The van der Waals surface area contributed by atoms with Gasteiger partial charge in [0.15, 0.2) is 0 Å². The molecule has 3 nitrogen and oxygen atoms in total. The van der Waals surface area contributed by atoms with Crippen molar-refractivity contribution in [3.63, 3.8) is 0 Å². The Morgan fingerprint density at radius 2 is 1.79 bits per heavy atom. The molecule has 4 rings (SSSR count). The molecule has 0 bridgehead atoms. The van der Waals surface area contributed by atoms with Crippen LogP contribution < -0.4 is 10.1 Å². The van der Waals surface area contributed by atoms with E-state index < -0.39 is 0 Å². The van der Waals surface area contributed by atoms with Crippen LogP contribution in [0.15, 0.2) is 54.6 Å². The molecule has 2 aromatic rings. The van der Waals surface area contributed by atoms with Crippen molar-refractivity contribution >= 4 is 0 Å². The summed E-state index contributed by atoms with van der Waals surface area (Å²) < 4.78 is 6.57. The highest BCUT2D eigenvalue weighted by Crippen LogP contribution is 2.33. The maximum absolute atomic E-state index is 6.57. The van der Waals surface area contributed by atoms with E-state index in [0.717, 1.165) is 51.3 Å². The molecule has 0 unspecified atom stereocenters. The summed E-state index contributed by atoms with van der Waals surface area (Å²) in [5.41, 5.74) is 2.62. The van der Waals surface area contributed by atoms with Crippen molar-refractivity contribution in [2.45, 2.75) is 38.0 Å². The number of nitrogens with zero attached hydrogens (tertiary/aromatic N) is 1. The summed E-state index contributed by atoms with van der Waals surface area (Å²) in [7, 11) is 0. The molecule has 1 atom stereocenters. The predicted octanol–water partition coefficient (Wildman–Crippen LogP) is 3.59. The van der Waals surface area contributed by atoms with Gasteiger partial charge < -0.3 is 10.1 Å². The summed E-state index contributed by atoms with van der Waals surface area (Å²) in [4.78, 5) is 2.57. The maximum Gasteiger partial charge on any atom is 0.124 e. The van der Waals surface area contributed by atoms with Crippen LogP contribution in [0.4, 0.5) is 0 Å². The molecule has 24 heavy (non-hydrogen) atoms. The molecule has 0 radical (unpaired) electrons. The van der Waals surface area contributed by atoms with E-state index in [1.807, 2.05) is 0 Å². The van der Waals surface area contributed by atoms with Crippen molar-refractivity contribution in [3.8, 4) is 5.75 Å². The quantitative estimate of drug-likeness (QED) is 0.914. The standard InChI is InChI=1S/C21H26N2O/c1-2-7-18(8-3-1)16-23-13-6-11-21(12-14-23)17-22-15-19-9-4-5-10-20(19)24-21/h1-5,7-10,22H,6,11-17H2/t21-/m1/s1. The van der Waals surface area contributed by atoms with Gasteiger partial charge in [0, 0.05) is 38.2 Å². The fourth-order valence-corrected chi connectivity index (χ4v) is 3.95. The van der Waals surface area contributed by atoms with Crippen molar-refractivity contribution in [1.82, 2.24) is 10.2 Å². The second-order valence-electron chi connectivity index (χ2n) is 7.11. The molecular formula is C21H26N2O. The lowest BCUT2D eigenvalue weighted by atomic mass is 9.94. The number of hydrogen-bond donors (Lipinski definition) is 1. The first-order valence-electron chi connectivity index (χ1n) is 9.07. The van der Waals surface area contributed by atoms with E-state index in [1.165, 1.54) is 17.5 Å². The van der Waals surface area contributed by atoms with Crippen LogP contribution in [0.25, 0.3) is 0 Å². The molecule has 2 heterocycles. The van der Waals surface area contributed by atoms with Gasteiger partial charge in [-0.1, -0.05) is 48.5 Å². The SMILES string of the molecule is c1ccc(CN2CCC[C@@]3(CC2)CNCc2ccccc2O3)cc1. The number of para-hydroxylation sites is 1. The fraction of sp³-hybridized carbons (Fsp3) is 0.429. The predicted molar refractivity (Wildman–Crippen MR) is 97.1 cm³/mol. The van der Waals surface area contributed by atoms with Crippen LogP contribution in [0.5, 0.6) is 5.75 Å². The molecule has 2 aromatic carbocycles. The molecule has 2 aliphatic rings. The van der Waals surface area contributed by atoms with Crippen molar-refractivity contribution < 1.29 is 4.74 Å². The Balaban J connectivity index is 1.46. The largest absolute Gasteiger partial charge is 0.486 e. The minimum Gasteiger partial charge on any atom is -0.486 e. The topological polar surface area (TPSA) is 24.5 Å². The van der Waals surface area contributed by atoms with Gasteiger partial charge in [0.1, 0.15) is 11.4 Å². The van der Waals surface area contributed by atoms with Gasteiger partial charge in [-0.05, 0) is 31.0 Å². The molecule has 126 valence electrons. The van der Waals surface area contributed by atoms with E-state index in [2.05, 4.69) is 64.8 Å². The Morgan fingerprint density at radius 1 is 0.958 bits per heavy atom. The third-order valence-corrected chi connectivity index (χ3v) is 5.30. The molecule has 0 aromatic heterocycles. The van der Waals surface area contributed by atoms with Gasteiger partial charge in [-0.2, -0.15) is 0 Å². The van der Waals surface area contributed by atoms with Crippen LogP contribution in [-0.4, -0.2) is 30.1 Å². The Labute approximate surface area is 144 Å². The summed E-state index contributed by atoms with van der Waals surface area (Å²) in [6, 6.07) is 19.3. The van der Waals surface area contributed by atoms with E-state index in [0.29, 0.717) is 0 Å². The van der Waals surface area contributed by atoms with Crippen LogP contribution in [-0.2, 0) is 13.1 Å². The number of rotatable bonds is 2. The van der Waals surface area contributed by atoms with Crippen molar-refractivity contribution in [1.29, 1.82) is 0 Å². The molecule has 0 saturated carbocycles. The molecule has 1 fully saturated rings. The fourth-order valence-electron chi connectivity index (χ4n) is 3.95. The van der Waals surface area contributed by atoms with Crippen molar-refractivity contribution in [3.05, 3.63) is 65.7 Å². The van der Waals surface area contributed by atoms with Gasteiger partial charge in [-0.15, -0.1) is 0 Å². The molecule has 2 aliphatic heterocycles. The first-order valence-corrected chi connectivity index (χ1v) is 9.07. The Morgan fingerprint density at radius 3 is 2.71 bits per heavy atom. The zero-order chi connectivity index (χ0) is 16.2. The van der Waals surface area contributed by atoms with Crippen LogP contribution in [0.1, 0.15) is 30.4 Å². The summed E-state index contributed by atoms with van der Waals surface area (Å²) >= 11 is 0. The zero-order valence-corrected chi connectivity index (χ0v) is 14.2. The average Bonchev–Trinajstić information content (AvgIpc) is 2.92. The normalized spacial score (nSPS) is 24.7. The molecule has 1 N–H and O–H groups in total. The Hall–Kier alpha value is -1.84. The average molecular weight is 322 g/mol. The third-order valence-electron chi connectivity index (χ3n) is 5.30. The number of nitrogens with one attached hydrogen (secondary N) is 1. The van der Waals surface area contributed by atoms with Crippen LogP contribution in [0, 0.1) is 0 Å². The van der Waals surface area contributed by atoms with E-state index in [4.69, 9.17) is 4.74 Å². The molecule has 1 saturated heterocycles. The number of hydrogen-bond acceptors (Lipinski definition) is 3. The van der Waals surface area contributed by atoms with Gasteiger partial charge in [0.2, 0.25) is 0 Å². The van der Waals surface area contributed by atoms with Crippen LogP contribution in [0.2, 0.25) is 0 Å². The number of fused-ring (bicyclic) bond motifs is 1. The highest BCUT2D eigenvalue weighted by molar-refractivity contribution is 5.34. The summed E-state index contributed by atoms with van der Waals surface area (Å²) in [5, 5.41) is 3.61. The Kier molecular flexibility index (Phi) is 4.54. The van der Waals surface area contributed by atoms with Crippen LogP contribution >= 0.6 is 0 Å². The van der Waals surface area contributed by atoms with Crippen molar-refractivity contribution in [2.75, 3.05) is 19.6 Å². The van der Waals surface area contributed by atoms with E-state index in [9.17, 15) is 0 Å². The van der Waals surface area contributed by atoms with Gasteiger partial charge in [0.25, 0.3) is 0 Å². The smallest absolute Gasteiger partial charge is 0.124 e. The van der Waals surface area contributed by atoms with Gasteiger partial charge in [-0.3, -0.25) is 4.90 Å². The first-order chi connectivity index (χ1) is 11.8. The monoisotopic (exact) mass is 322 g/mol. The minimum absolute atomic E-state index is 0.0575. The number of ether oxygens (including phenoxy) is 1. The number of likely N-dealkylation sites (tertiary alicyclic amines) is 1. The van der Waals surface area contributed by atoms with E-state index in [-0.39, 0.29) is 5.60 Å². The molecule has 3 heteroatoms. The lowest BCUT2D eigenvalue weighted by Crippen LogP contribution is -2.44. The minimum atomic E-state index is -0.0575. The molecule has 1 spiro atoms. The highest BCUT2D eigenvalue weighted by Gasteiger charge is 2.36. The summed E-state index contributed by atoms with van der Waals surface area (Å²) in [5.74, 6) is 1.07. The second-order valence-corrected chi connectivity index (χ2v) is 7.11. The van der Waals surface area contributed by atoms with Crippen molar-refractivity contribution in [2.24, 2.45) is 0 Å².